The topological polar surface area (TPSA) is 35.6 Å². The number of hydrogen-bond acceptors (Lipinski definition) is 2. The number of para-hydroxylation sites is 3. The zero-order valence-corrected chi connectivity index (χ0v) is 30.4. The minimum Gasteiger partial charge on any atom is -0.309 e. The maximum Gasteiger partial charge on any atom is 0.235 e. The maximum atomic E-state index is 5.48. The molecule has 4 heteroatoms. The molecule has 9 aromatic rings. The first-order valence-corrected chi connectivity index (χ1v) is 19.1. The quantitative estimate of drug-likeness (QED) is 0.184. The molecule has 54 heavy (non-hydrogen) atoms. The van der Waals surface area contributed by atoms with E-state index in [0.717, 1.165) is 46.9 Å². The summed E-state index contributed by atoms with van der Waals surface area (Å²) in [4.78, 5) is 10.8. The Kier molecular flexibility index (Phi) is 6.90. The number of aromatic nitrogens is 4. The molecule has 0 N–H and O–H groups in total. The molecule has 0 saturated heterocycles. The van der Waals surface area contributed by atoms with Gasteiger partial charge in [0.25, 0.3) is 0 Å². The van der Waals surface area contributed by atoms with Gasteiger partial charge in [-0.25, -0.2) is 9.97 Å². The summed E-state index contributed by atoms with van der Waals surface area (Å²) in [5.41, 5.74) is 13.1. The number of hydrogen-bond donors (Lipinski definition) is 0. The van der Waals surface area contributed by atoms with Crippen LogP contribution in [0.1, 0.15) is 44.7 Å². The van der Waals surface area contributed by atoms with Gasteiger partial charge < -0.3 is 4.57 Å². The molecule has 0 aliphatic heterocycles. The summed E-state index contributed by atoms with van der Waals surface area (Å²) < 4.78 is 4.77. The number of benzene rings is 6. The summed E-state index contributed by atoms with van der Waals surface area (Å²) in [6, 6.07) is 44.3. The van der Waals surface area contributed by atoms with Gasteiger partial charge in [-0.05, 0) is 86.0 Å². The van der Waals surface area contributed by atoms with Crippen LogP contribution in [-0.4, -0.2) is 19.1 Å². The van der Waals surface area contributed by atoms with Crippen LogP contribution >= 0.6 is 0 Å². The van der Waals surface area contributed by atoms with Gasteiger partial charge in [-0.2, -0.15) is 0 Å². The van der Waals surface area contributed by atoms with Crippen LogP contribution in [0.3, 0.4) is 0 Å². The highest BCUT2D eigenvalue weighted by Crippen LogP contribution is 2.43. The summed E-state index contributed by atoms with van der Waals surface area (Å²) in [6.45, 7) is 4.42. The van der Waals surface area contributed by atoms with Gasteiger partial charge in [0, 0.05) is 43.9 Å². The Morgan fingerprint density at radius 1 is 0.593 bits per heavy atom. The van der Waals surface area contributed by atoms with E-state index in [1.165, 1.54) is 71.3 Å². The van der Waals surface area contributed by atoms with E-state index in [-0.39, 0.29) is 5.92 Å². The monoisotopic (exact) mass is 694 g/mol. The summed E-state index contributed by atoms with van der Waals surface area (Å²) in [5.74, 6) is 0.896. The summed E-state index contributed by atoms with van der Waals surface area (Å²) in [6.07, 6.45) is 14.7. The molecule has 0 spiro atoms. The number of nitrogens with zero attached hydrogens (tertiary/aromatic N) is 4. The van der Waals surface area contributed by atoms with Crippen LogP contribution in [0.4, 0.5) is 0 Å². The highest BCUT2D eigenvalue weighted by molar-refractivity contribution is 6.23. The molecule has 258 valence electrons. The van der Waals surface area contributed by atoms with Crippen LogP contribution < -0.4 is 0 Å². The molecule has 0 saturated carbocycles. The van der Waals surface area contributed by atoms with Gasteiger partial charge in [-0.3, -0.25) is 4.57 Å². The molecule has 2 aliphatic rings. The highest BCUT2D eigenvalue weighted by atomic mass is 15.2. The molecule has 0 fully saturated rings. The van der Waals surface area contributed by atoms with Gasteiger partial charge in [0.2, 0.25) is 5.95 Å². The zero-order valence-electron chi connectivity index (χ0n) is 30.4. The van der Waals surface area contributed by atoms with Gasteiger partial charge in [0.15, 0.2) is 0 Å². The maximum absolute atomic E-state index is 5.48. The van der Waals surface area contributed by atoms with E-state index in [0.29, 0.717) is 5.95 Å². The molecule has 3 aromatic heterocycles. The van der Waals surface area contributed by atoms with E-state index >= 15 is 0 Å². The van der Waals surface area contributed by atoms with Gasteiger partial charge in [-0.15, -0.1) is 0 Å². The van der Waals surface area contributed by atoms with Crippen molar-refractivity contribution in [2.75, 3.05) is 0 Å². The van der Waals surface area contributed by atoms with E-state index in [1.54, 1.807) is 0 Å². The van der Waals surface area contributed by atoms with Crippen molar-refractivity contribution in [3.05, 3.63) is 169 Å². The minimum absolute atomic E-state index is 0.186. The molecule has 3 heterocycles. The lowest BCUT2D eigenvalue weighted by Gasteiger charge is -2.21. The number of rotatable bonds is 4. The average molecular weight is 695 g/mol. The molecule has 4 nitrogen and oxygen atoms in total. The number of allylic oxidation sites excluding steroid dienone is 8. The third-order valence-corrected chi connectivity index (χ3v) is 11.5. The molecule has 0 amide bonds. The fourth-order valence-electron chi connectivity index (χ4n) is 9.31. The van der Waals surface area contributed by atoms with Crippen molar-refractivity contribution >= 4 is 71.0 Å². The Labute approximate surface area is 313 Å². The predicted octanol–water partition coefficient (Wildman–Crippen LogP) is 13.2. The van der Waals surface area contributed by atoms with Gasteiger partial charge >= 0.3 is 0 Å². The Balaban J connectivity index is 1.19. The molecule has 2 aliphatic carbocycles. The molecule has 1 unspecified atom stereocenters. The normalized spacial score (nSPS) is 16.2. The Hall–Kier alpha value is -6.52. The van der Waals surface area contributed by atoms with Crippen molar-refractivity contribution in [2.24, 2.45) is 0 Å². The smallest absolute Gasteiger partial charge is 0.235 e. The summed E-state index contributed by atoms with van der Waals surface area (Å²) in [7, 11) is 0. The van der Waals surface area contributed by atoms with E-state index < -0.39 is 0 Å². The Morgan fingerprint density at radius 2 is 1.28 bits per heavy atom. The molecule has 0 radical (unpaired) electrons. The molecule has 11 rings (SSSR count). The SMILES string of the molecule is CC1=CC(c2nc(-n3c4ccccc4c4ccc(-c5cc6c7ccccc7n(C7=CCCC=C7)c6c6ccccc56)cc43)nc3ccccc23)CC(C)=C1. The molecule has 6 aromatic carbocycles. The third-order valence-electron chi connectivity index (χ3n) is 11.5. The van der Waals surface area contributed by atoms with Crippen molar-refractivity contribution in [3.63, 3.8) is 0 Å². The molecular formula is C50H38N4. The predicted molar refractivity (Wildman–Crippen MR) is 227 cm³/mol. The van der Waals surface area contributed by atoms with Crippen molar-refractivity contribution in [2.45, 2.75) is 39.0 Å². The van der Waals surface area contributed by atoms with Crippen LogP contribution in [0.2, 0.25) is 0 Å². The third kappa shape index (κ3) is 4.69. The number of fused-ring (bicyclic) bond motifs is 9. The van der Waals surface area contributed by atoms with E-state index in [1.807, 2.05) is 0 Å². The molecule has 1 atom stereocenters. The standard InChI is InChI=1S/C50H38N4/c1-31-26-32(2)28-34(27-31)48-41-20-8-11-21-44(41)51-50(52-48)54-46-23-13-9-17-37(46)39-25-24-33(29-47(39)54)42-30-43-38-18-10-12-22-45(38)53(35-14-4-3-5-15-35)49(43)40-19-7-6-16-36(40)42/h4,6-27,29-30,34H,3,5,28H2,1-2H3. The lowest BCUT2D eigenvalue weighted by atomic mass is 9.87. The second kappa shape index (κ2) is 12.0. The van der Waals surface area contributed by atoms with Crippen molar-refractivity contribution < 1.29 is 0 Å². The lowest BCUT2D eigenvalue weighted by molar-refractivity contribution is 0.772. The fourth-order valence-corrected chi connectivity index (χ4v) is 9.31. The first kappa shape index (κ1) is 31.0. The zero-order chi connectivity index (χ0) is 35.9. The Morgan fingerprint density at radius 3 is 2.06 bits per heavy atom. The van der Waals surface area contributed by atoms with Crippen LogP contribution in [0.25, 0.3) is 88.1 Å². The van der Waals surface area contributed by atoms with Crippen LogP contribution in [0.15, 0.2) is 163 Å². The van der Waals surface area contributed by atoms with Crippen molar-refractivity contribution in [3.8, 4) is 17.1 Å². The van der Waals surface area contributed by atoms with Crippen LogP contribution in [-0.2, 0) is 0 Å². The van der Waals surface area contributed by atoms with Crippen LogP contribution in [0.5, 0.6) is 0 Å². The van der Waals surface area contributed by atoms with E-state index in [9.17, 15) is 0 Å². The van der Waals surface area contributed by atoms with Crippen LogP contribution in [0, 0.1) is 0 Å². The second-order valence-electron chi connectivity index (χ2n) is 15.0. The second-order valence-corrected chi connectivity index (χ2v) is 15.0. The van der Waals surface area contributed by atoms with Crippen molar-refractivity contribution in [1.82, 2.24) is 19.1 Å². The Bertz CT molecular complexity index is 3160. The molecule has 0 bridgehead atoms. The van der Waals surface area contributed by atoms with Gasteiger partial charge in [0.1, 0.15) is 0 Å². The summed E-state index contributed by atoms with van der Waals surface area (Å²) in [5, 5.41) is 8.53. The fraction of sp³-hybridized carbons (Fsp3) is 0.120. The van der Waals surface area contributed by atoms with E-state index in [4.69, 9.17) is 9.97 Å². The first-order valence-electron chi connectivity index (χ1n) is 19.1. The average Bonchev–Trinajstić information content (AvgIpc) is 3.73. The first-order chi connectivity index (χ1) is 26.6. The summed E-state index contributed by atoms with van der Waals surface area (Å²) >= 11 is 0. The van der Waals surface area contributed by atoms with Crippen molar-refractivity contribution in [1.29, 1.82) is 0 Å². The molecular weight excluding hydrogens is 657 g/mol. The minimum atomic E-state index is 0.186. The van der Waals surface area contributed by atoms with E-state index in [2.05, 4.69) is 175 Å². The lowest BCUT2D eigenvalue weighted by Crippen LogP contribution is -2.10. The van der Waals surface area contributed by atoms with Gasteiger partial charge in [-0.1, -0.05) is 126 Å². The highest BCUT2D eigenvalue weighted by Gasteiger charge is 2.23. The largest absolute Gasteiger partial charge is 0.309 e. The van der Waals surface area contributed by atoms with Gasteiger partial charge in [0.05, 0.1) is 33.3 Å².